The number of nitrogens with zero attached hydrogens (tertiary/aromatic N) is 2. The molecule has 0 bridgehead atoms. The maximum Gasteiger partial charge on any atom is 0.244 e. The fraction of sp³-hybridized carbons (Fsp3) is 0.355. The van der Waals surface area contributed by atoms with Crippen molar-refractivity contribution in [2.24, 2.45) is 0 Å². The zero-order valence-corrected chi connectivity index (χ0v) is 25.9. The summed E-state index contributed by atoms with van der Waals surface area (Å²) in [7, 11) is -3.80. The lowest BCUT2D eigenvalue weighted by Crippen LogP contribution is -2.54. The van der Waals surface area contributed by atoms with Gasteiger partial charge in [-0.2, -0.15) is 0 Å². The molecule has 7 nitrogen and oxygen atoms in total. The minimum Gasteiger partial charge on any atom is -0.352 e. The van der Waals surface area contributed by atoms with E-state index >= 15 is 0 Å². The van der Waals surface area contributed by atoms with Crippen LogP contribution in [-0.4, -0.2) is 50.0 Å². The molecule has 9 heteroatoms. The zero-order chi connectivity index (χ0) is 29.3. The van der Waals surface area contributed by atoms with Crippen LogP contribution in [0.15, 0.2) is 83.3 Å². The summed E-state index contributed by atoms with van der Waals surface area (Å²) >= 11 is 3.49. The molecule has 0 saturated carbocycles. The molecule has 0 aliphatic carbocycles. The molecule has 0 fully saturated rings. The van der Waals surface area contributed by atoms with E-state index in [1.54, 1.807) is 12.1 Å². The van der Waals surface area contributed by atoms with Crippen LogP contribution in [-0.2, 0) is 39.0 Å². The average Bonchev–Trinajstić information content (AvgIpc) is 2.93. The summed E-state index contributed by atoms with van der Waals surface area (Å²) in [6.45, 7) is 5.62. The van der Waals surface area contributed by atoms with Gasteiger partial charge in [-0.3, -0.25) is 13.9 Å². The minimum absolute atomic E-state index is 0.0850. The van der Waals surface area contributed by atoms with Crippen LogP contribution < -0.4 is 9.62 Å². The topological polar surface area (TPSA) is 86.8 Å². The summed E-state index contributed by atoms with van der Waals surface area (Å²) in [5.74, 6) is -0.745. The molecule has 0 aliphatic rings. The van der Waals surface area contributed by atoms with Crippen molar-refractivity contribution in [2.45, 2.75) is 58.7 Å². The van der Waals surface area contributed by atoms with Crippen LogP contribution in [0, 0.1) is 0 Å². The molecular formula is C31H38BrN3O4S. The Labute approximate surface area is 246 Å². The highest BCUT2D eigenvalue weighted by atomic mass is 79.9. The van der Waals surface area contributed by atoms with Crippen LogP contribution in [0.25, 0.3) is 0 Å². The van der Waals surface area contributed by atoms with Gasteiger partial charge in [-0.05, 0) is 60.7 Å². The van der Waals surface area contributed by atoms with E-state index in [1.165, 1.54) is 4.90 Å². The molecule has 0 saturated heterocycles. The maximum absolute atomic E-state index is 14.1. The lowest BCUT2D eigenvalue weighted by Gasteiger charge is -2.34. The minimum atomic E-state index is -3.80. The molecule has 0 radical (unpaired) electrons. The van der Waals surface area contributed by atoms with Crippen LogP contribution in [0.4, 0.5) is 5.69 Å². The van der Waals surface area contributed by atoms with Crippen LogP contribution >= 0.6 is 15.9 Å². The van der Waals surface area contributed by atoms with Gasteiger partial charge in [0.2, 0.25) is 21.8 Å². The molecule has 3 rings (SSSR count). The van der Waals surface area contributed by atoms with E-state index in [0.29, 0.717) is 5.69 Å². The number of hydrogen-bond donors (Lipinski definition) is 1. The first-order chi connectivity index (χ1) is 19.0. The normalized spacial score (nSPS) is 12.8. The highest BCUT2D eigenvalue weighted by Gasteiger charge is 2.33. The van der Waals surface area contributed by atoms with Gasteiger partial charge < -0.3 is 10.2 Å². The van der Waals surface area contributed by atoms with Crippen LogP contribution in [0.3, 0.4) is 0 Å². The smallest absolute Gasteiger partial charge is 0.244 e. The molecule has 214 valence electrons. The Balaban J connectivity index is 2.05. The van der Waals surface area contributed by atoms with Crippen molar-refractivity contribution in [2.75, 3.05) is 17.1 Å². The number of amides is 2. The third-order valence-electron chi connectivity index (χ3n) is 6.83. The Morgan fingerprint density at radius 1 is 0.900 bits per heavy atom. The standard InChI is InChI=1S/C31H38BrN3O4S/c1-5-23(3)33-31(37)29(20-25-11-8-7-9-12-25)34(21-26-13-10-14-27(32)19-26)30(36)22-35(40(4,38)39)28-17-15-24(6-2)16-18-28/h7-19,23,29H,5-6,20-22H2,1-4H3,(H,33,37). The average molecular weight is 629 g/mol. The first kappa shape index (κ1) is 31.4. The van der Waals surface area contributed by atoms with Crippen molar-refractivity contribution in [3.63, 3.8) is 0 Å². The van der Waals surface area contributed by atoms with E-state index in [1.807, 2.05) is 87.5 Å². The second kappa shape index (κ2) is 14.5. The summed E-state index contributed by atoms with van der Waals surface area (Å²) < 4.78 is 27.7. The summed E-state index contributed by atoms with van der Waals surface area (Å²) in [5, 5.41) is 3.04. The third kappa shape index (κ3) is 8.93. The molecule has 40 heavy (non-hydrogen) atoms. The number of nitrogens with one attached hydrogen (secondary N) is 1. The Morgan fingerprint density at radius 3 is 2.12 bits per heavy atom. The number of halogens is 1. The van der Waals surface area contributed by atoms with Gasteiger partial charge in [0.25, 0.3) is 0 Å². The molecule has 0 aromatic heterocycles. The summed E-state index contributed by atoms with van der Waals surface area (Å²) in [4.78, 5) is 29.3. The van der Waals surface area contributed by atoms with Gasteiger partial charge in [-0.25, -0.2) is 8.42 Å². The number of benzene rings is 3. The summed E-state index contributed by atoms with van der Waals surface area (Å²) in [6, 6.07) is 23.3. The fourth-order valence-electron chi connectivity index (χ4n) is 4.34. The van der Waals surface area contributed by atoms with E-state index in [-0.39, 0.29) is 24.9 Å². The molecule has 0 aliphatic heterocycles. The van der Waals surface area contributed by atoms with Crippen molar-refractivity contribution < 1.29 is 18.0 Å². The van der Waals surface area contributed by atoms with Crippen LogP contribution in [0.5, 0.6) is 0 Å². The summed E-state index contributed by atoms with van der Waals surface area (Å²) in [6.07, 6.45) is 2.92. The number of sulfonamides is 1. The van der Waals surface area contributed by atoms with Crippen LogP contribution in [0.2, 0.25) is 0 Å². The van der Waals surface area contributed by atoms with Crippen molar-refractivity contribution in [3.8, 4) is 0 Å². The molecule has 2 unspecified atom stereocenters. The molecular weight excluding hydrogens is 590 g/mol. The van der Waals surface area contributed by atoms with E-state index < -0.39 is 28.5 Å². The quantitative estimate of drug-likeness (QED) is 0.277. The molecule has 1 N–H and O–H groups in total. The number of carbonyl (C=O) groups is 2. The van der Waals surface area contributed by atoms with E-state index in [2.05, 4.69) is 21.2 Å². The predicted molar refractivity (Wildman–Crippen MR) is 165 cm³/mol. The number of aryl methyl sites for hydroxylation is 1. The zero-order valence-electron chi connectivity index (χ0n) is 23.5. The Kier molecular flexibility index (Phi) is 11.3. The lowest BCUT2D eigenvalue weighted by molar-refractivity contribution is -0.140. The maximum atomic E-state index is 14.1. The SMILES string of the molecule is CCc1ccc(N(CC(=O)N(Cc2cccc(Br)c2)C(Cc2ccccc2)C(=O)NC(C)CC)S(C)(=O)=O)cc1. The van der Waals surface area contributed by atoms with Gasteiger partial charge in [-0.1, -0.05) is 84.4 Å². The Bertz CT molecular complexity index is 1380. The Hall–Kier alpha value is -3.17. The third-order valence-corrected chi connectivity index (χ3v) is 8.46. The van der Waals surface area contributed by atoms with Gasteiger partial charge in [0.05, 0.1) is 11.9 Å². The van der Waals surface area contributed by atoms with E-state index in [4.69, 9.17) is 0 Å². The highest BCUT2D eigenvalue weighted by Crippen LogP contribution is 2.22. The monoisotopic (exact) mass is 627 g/mol. The molecule has 2 amide bonds. The number of hydrogen-bond acceptors (Lipinski definition) is 4. The van der Waals surface area contributed by atoms with Crippen molar-refractivity contribution in [1.29, 1.82) is 0 Å². The summed E-state index contributed by atoms with van der Waals surface area (Å²) in [5.41, 5.74) is 3.17. The van der Waals surface area contributed by atoms with Crippen molar-refractivity contribution in [1.82, 2.24) is 10.2 Å². The number of rotatable bonds is 13. The lowest BCUT2D eigenvalue weighted by atomic mass is 10.0. The highest BCUT2D eigenvalue weighted by molar-refractivity contribution is 9.10. The van der Waals surface area contributed by atoms with Crippen molar-refractivity contribution in [3.05, 3.63) is 100 Å². The largest absolute Gasteiger partial charge is 0.352 e. The number of anilines is 1. The van der Waals surface area contributed by atoms with Crippen LogP contribution in [0.1, 0.15) is 43.9 Å². The molecule has 3 aromatic rings. The molecule has 0 spiro atoms. The fourth-order valence-corrected chi connectivity index (χ4v) is 5.63. The van der Waals surface area contributed by atoms with Gasteiger partial charge in [0.15, 0.2) is 0 Å². The molecule has 2 atom stereocenters. The first-order valence-corrected chi connectivity index (χ1v) is 16.1. The van der Waals surface area contributed by atoms with Gasteiger partial charge in [0, 0.05) is 23.5 Å². The van der Waals surface area contributed by atoms with Crippen molar-refractivity contribution >= 4 is 43.5 Å². The Morgan fingerprint density at radius 2 is 1.55 bits per heavy atom. The van der Waals surface area contributed by atoms with Gasteiger partial charge >= 0.3 is 0 Å². The van der Waals surface area contributed by atoms with E-state index in [9.17, 15) is 18.0 Å². The first-order valence-electron chi connectivity index (χ1n) is 13.5. The van der Waals surface area contributed by atoms with E-state index in [0.717, 1.165) is 44.6 Å². The molecule has 3 aromatic carbocycles. The second-order valence-corrected chi connectivity index (χ2v) is 12.8. The number of carbonyl (C=O) groups excluding carboxylic acids is 2. The second-order valence-electron chi connectivity index (χ2n) is 9.96. The molecule has 0 heterocycles. The predicted octanol–water partition coefficient (Wildman–Crippen LogP) is 5.33. The van der Waals surface area contributed by atoms with Gasteiger partial charge in [0.1, 0.15) is 12.6 Å². The van der Waals surface area contributed by atoms with Gasteiger partial charge in [-0.15, -0.1) is 0 Å².